The Labute approximate surface area is 118 Å². The Hall–Kier alpha value is -1.31. The predicted octanol–water partition coefficient (Wildman–Crippen LogP) is 0.0682. The second kappa shape index (κ2) is 5.59. The van der Waals surface area contributed by atoms with Crippen LogP contribution in [0.25, 0.3) is 0 Å². The van der Waals surface area contributed by atoms with Crippen molar-refractivity contribution in [3.8, 4) is 0 Å². The first-order valence-electron chi connectivity index (χ1n) is 6.75. The van der Waals surface area contributed by atoms with E-state index in [0.717, 1.165) is 0 Å². The van der Waals surface area contributed by atoms with E-state index in [9.17, 15) is 18.0 Å². The third-order valence-electron chi connectivity index (χ3n) is 4.19. The number of aliphatic carboxylic acids is 1. The lowest BCUT2D eigenvalue weighted by atomic mass is 10.1. The molecule has 0 aromatic heterocycles. The minimum absolute atomic E-state index is 0.0132. The quantitative estimate of drug-likeness (QED) is 0.768. The zero-order chi connectivity index (χ0) is 14.9. The number of urea groups is 1. The molecule has 20 heavy (non-hydrogen) atoms. The average molecular weight is 304 g/mol. The summed E-state index contributed by atoms with van der Waals surface area (Å²) in [6.45, 7) is 0. The Morgan fingerprint density at radius 1 is 1.25 bits per heavy atom. The molecule has 2 rings (SSSR count). The van der Waals surface area contributed by atoms with E-state index in [1.54, 1.807) is 7.05 Å². The van der Waals surface area contributed by atoms with Gasteiger partial charge in [-0.15, -0.1) is 0 Å². The Balaban J connectivity index is 1.85. The van der Waals surface area contributed by atoms with Crippen molar-refractivity contribution in [2.45, 2.75) is 37.8 Å². The molecule has 3 atom stereocenters. The number of nitrogens with zero attached hydrogens (tertiary/aromatic N) is 1. The third-order valence-corrected chi connectivity index (χ3v) is 5.94. The van der Waals surface area contributed by atoms with Gasteiger partial charge in [0.15, 0.2) is 9.84 Å². The van der Waals surface area contributed by atoms with Crippen LogP contribution >= 0.6 is 0 Å². The van der Waals surface area contributed by atoms with Gasteiger partial charge in [0.05, 0.1) is 17.4 Å². The number of hydrogen-bond acceptors (Lipinski definition) is 4. The molecule has 2 amide bonds. The SMILES string of the molecule is CN(C(=O)NC1CCC(C(=O)O)C1)C1CCS(=O)(=O)C1. The monoisotopic (exact) mass is 304 g/mol. The molecular formula is C12H20N2O5S. The Bertz CT molecular complexity index is 504. The molecular weight excluding hydrogens is 284 g/mol. The van der Waals surface area contributed by atoms with Gasteiger partial charge >= 0.3 is 12.0 Å². The minimum Gasteiger partial charge on any atom is -0.481 e. The summed E-state index contributed by atoms with van der Waals surface area (Å²) in [5, 5.41) is 11.7. The highest BCUT2D eigenvalue weighted by atomic mass is 32.2. The van der Waals surface area contributed by atoms with Crippen molar-refractivity contribution in [1.82, 2.24) is 10.2 Å². The fraction of sp³-hybridized carbons (Fsp3) is 0.833. The van der Waals surface area contributed by atoms with Crippen LogP contribution in [0.15, 0.2) is 0 Å². The van der Waals surface area contributed by atoms with Crippen LogP contribution in [0, 0.1) is 5.92 Å². The summed E-state index contributed by atoms with van der Waals surface area (Å²) in [5.74, 6) is -1.08. The molecule has 1 aliphatic heterocycles. The number of carboxylic acid groups (broad SMARTS) is 1. The molecule has 1 aliphatic carbocycles. The zero-order valence-electron chi connectivity index (χ0n) is 11.4. The second-order valence-electron chi connectivity index (χ2n) is 5.66. The molecule has 0 aromatic rings. The second-order valence-corrected chi connectivity index (χ2v) is 7.89. The first kappa shape index (κ1) is 15.1. The highest BCUT2D eigenvalue weighted by Crippen LogP contribution is 2.26. The van der Waals surface area contributed by atoms with Crippen molar-refractivity contribution in [2.75, 3.05) is 18.6 Å². The lowest BCUT2D eigenvalue weighted by Gasteiger charge is -2.25. The summed E-state index contributed by atoms with van der Waals surface area (Å²) < 4.78 is 22.8. The number of carboxylic acids is 1. The van der Waals surface area contributed by atoms with Crippen molar-refractivity contribution in [3.63, 3.8) is 0 Å². The smallest absolute Gasteiger partial charge is 0.317 e. The minimum atomic E-state index is -3.02. The fourth-order valence-electron chi connectivity index (χ4n) is 2.86. The highest BCUT2D eigenvalue weighted by molar-refractivity contribution is 7.91. The van der Waals surface area contributed by atoms with Gasteiger partial charge in [-0.25, -0.2) is 13.2 Å². The Kier molecular flexibility index (Phi) is 4.22. The van der Waals surface area contributed by atoms with Gasteiger partial charge in [-0.1, -0.05) is 0 Å². The number of carbonyl (C=O) groups excluding carboxylic acids is 1. The normalized spacial score (nSPS) is 31.9. The standard InChI is InChI=1S/C12H20N2O5S/c1-14(10-4-5-20(18,19)7-10)12(17)13-9-3-2-8(6-9)11(15)16/h8-10H,2-7H2,1H3,(H,13,17)(H,15,16). The largest absolute Gasteiger partial charge is 0.481 e. The molecule has 8 heteroatoms. The Morgan fingerprint density at radius 3 is 2.45 bits per heavy atom. The van der Waals surface area contributed by atoms with Gasteiger partial charge in [0.25, 0.3) is 0 Å². The molecule has 0 aromatic carbocycles. The summed E-state index contributed by atoms with van der Waals surface area (Å²) in [5.41, 5.74) is 0. The maximum Gasteiger partial charge on any atom is 0.317 e. The van der Waals surface area contributed by atoms with Crippen LogP contribution in [-0.4, -0.2) is 61.1 Å². The van der Waals surface area contributed by atoms with Crippen LogP contribution in [0.1, 0.15) is 25.7 Å². The van der Waals surface area contributed by atoms with E-state index in [1.165, 1.54) is 4.90 Å². The number of amides is 2. The summed E-state index contributed by atoms with van der Waals surface area (Å²) in [6.07, 6.45) is 2.13. The lowest BCUT2D eigenvalue weighted by Crippen LogP contribution is -2.47. The maximum atomic E-state index is 12.0. The van der Waals surface area contributed by atoms with Gasteiger partial charge in [-0.05, 0) is 25.7 Å². The zero-order valence-corrected chi connectivity index (χ0v) is 12.2. The van der Waals surface area contributed by atoms with E-state index in [4.69, 9.17) is 5.11 Å². The summed E-state index contributed by atoms with van der Waals surface area (Å²) in [4.78, 5) is 24.3. The summed E-state index contributed by atoms with van der Waals surface area (Å²) in [7, 11) is -1.43. The molecule has 2 N–H and O–H groups in total. The van der Waals surface area contributed by atoms with Gasteiger partial charge < -0.3 is 15.3 Å². The van der Waals surface area contributed by atoms with E-state index in [2.05, 4.69) is 5.32 Å². The van der Waals surface area contributed by atoms with Gasteiger partial charge in [-0.3, -0.25) is 4.79 Å². The number of nitrogens with one attached hydrogen (secondary N) is 1. The van der Waals surface area contributed by atoms with Crippen LogP contribution in [0.4, 0.5) is 4.79 Å². The number of carbonyl (C=O) groups is 2. The first-order valence-corrected chi connectivity index (χ1v) is 8.57. The fourth-order valence-corrected chi connectivity index (χ4v) is 4.63. The van der Waals surface area contributed by atoms with E-state index >= 15 is 0 Å². The molecule has 1 heterocycles. The number of sulfone groups is 1. The average Bonchev–Trinajstić information content (AvgIpc) is 2.94. The molecule has 0 radical (unpaired) electrons. The molecule has 0 spiro atoms. The molecule has 1 saturated heterocycles. The lowest BCUT2D eigenvalue weighted by molar-refractivity contribution is -0.141. The summed E-state index contributed by atoms with van der Waals surface area (Å²) in [6, 6.07) is -0.733. The van der Waals surface area contributed by atoms with Crippen molar-refractivity contribution in [3.05, 3.63) is 0 Å². The van der Waals surface area contributed by atoms with Crippen molar-refractivity contribution in [1.29, 1.82) is 0 Å². The highest BCUT2D eigenvalue weighted by Gasteiger charge is 2.35. The van der Waals surface area contributed by atoms with Crippen LogP contribution in [0.2, 0.25) is 0 Å². The van der Waals surface area contributed by atoms with E-state index in [1.807, 2.05) is 0 Å². The van der Waals surface area contributed by atoms with Gasteiger partial charge in [0, 0.05) is 19.1 Å². The van der Waals surface area contributed by atoms with Gasteiger partial charge in [0.2, 0.25) is 0 Å². The first-order chi connectivity index (χ1) is 9.28. The van der Waals surface area contributed by atoms with E-state index in [0.29, 0.717) is 25.7 Å². The van der Waals surface area contributed by atoms with E-state index < -0.39 is 21.7 Å². The topological polar surface area (TPSA) is 104 Å². The molecule has 3 unspecified atom stereocenters. The molecule has 7 nitrogen and oxygen atoms in total. The van der Waals surface area contributed by atoms with Crippen LogP contribution in [0.5, 0.6) is 0 Å². The number of rotatable bonds is 3. The van der Waals surface area contributed by atoms with Crippen molar-refractivity contribution in [2.24, 2.45) is 5.92 Å². The van der Waals surface area contributed by atoms with Crippen molar-refractivity contribution >= 4 is 21.8 Å². The predicted molar refractivity (Wildman–Crippen MR) is 72.1 cm³/mol. The van der Waals surface area contributed by atoms with Gasteiger partial charge in [-0.2, -0.15) is 0 Å². The van der Waals surface area contributed by atoms with Crippen LogP contribution in [0.3, 0.4) is 0 Å². The Morgan fingerprint density at radius 2 is 1.95 bits per heavy atom. The molecule has 1 saturated carbocycles. The molecule has 2 fully saturated rings. The van der Waals surface area contributed by atoms with E-state index in [-0.39, 0.29) is 29.6 Å². The van der Waals surface area contributed by atoms with Crippen molar-refractivity contribution < 1.29 is 23.1 Å². The van der Waals surface area contributed by atoms with Crippen LogP contribution in [-0.2, 0) is 14.6 Å². The molecule has 2 aliphatic rings. The number of hydrogen-bond donors (Lipinski definition) is 2. The maximum absolute atomic E-state index is 12.0. The molecule has 114 valence electrons. The molecule has 0 bridgehead atoms. The van der Waals surface area contributed by atoms with Crippen LogP contribution < -0.4 is 5.32 Å². The summed E-state index contributed by atoms with van der Waals surface area (Å²) >= 11 is 0. The third kappa shape index (κ3) is 3.41. The van der Waals surface area contributed by atoms with Gasteiger partial charge in [0.1, 0.15) is 0 Å².